The zero-order valence-corrected chi connectivity index (χ0v) is 18.4. The van der Waals surface area contributed by atoms with Crippen molar-refractivity contribution in [3.05, 3.63) is 59.7 Å². The molecule has 7 nitrogen and oxygen atoms in total. The molecule has 0 spiro atoms. The van der Waals surface area contributed by atoms with E-state index in [9.17, 15) is 9.59 Å². The molecule has 2 aromatic rings. The number of ether oxygens (including phenoxy) is 2. The first-order valence-electron chi connectivity index (χ1n) is 10.4. The van der Waals surface area contributed by atoms with E-state index in [1.165, 1.54) is 0 Å². The summed E-state index contributed by atoms with van der Waals surface area (Å²) in [6.45, 7) is 5.09. The molecule has 1 aliphatic heterocycles. The van der Waals surface area contributed by atoms with Gasteiger partial charge in [0.15, 0.2) is 5.11 Å². The van der Waals surface area contributed by atoms with E-state index in [0.29, 0.717) is 49.7 Å². The van der Waals surface area contributed by atoms with Gasteiger partial charge in [0, 0.05) is 29.9 Å². The fourth-order valence-electron chi connectivity index (χ4n) is 3.02. The Kier molecular flexibility index (Phi) is 8.37. The molecule has 2 amide bonds. The van der Waals surface area contributed by atoms with Gasteiger partial charge in [-0.1, -0.05) is 13.3 Å². The van der Waals surface area contributed by atoms with Crippen LogP contribution >= 0.6 is 12.2 Å². The Bertz CT molecular complexity index is 894. The van der Waals surface area contributed by atoms with Crippen LogP contribution in [0.3, 0.4) is 0 Å². The SMILES string of the molecule is CCCCOc1ccc(C(=O)NC(=S)Nc2ccc(C(=O)N3CCOCC3)cc2)cc1. The van der Waals surface area contributed by atoms with Crippen LogP contribution in [0.2, 0.25) is 0 Å². The standard InChI is InChI=1S/C23H27N3O4S/c1-2-3-14-30-20-10-6-17(7-11-20)21(27)25-23(31)24-19-8-4-18(5-9-19)22(28)26-12-15-29-16-13-26/h4-11H,2-3,12-16H2,1H3,(H2,24,25,27,31). The highest BCUT2D eigenvalue weighted by atomic mass is 32.1. The number of rotatable bonds is 7. The van der Waals surface area contributed by atoms with Crippen LogP contribution in [0.25, 0.3) is 0 Å². The number of carbonyl (C=O) groups excluding carboxylic acids is 2. The maximum absolute atomic E-state index is 12.5. The molecule has 31 heavy (non-hydrogen) atoms. The zero-order valence-electron chi connectivity index (χ0n) is 17.6. The molecule has 1 saturated heterocycles. The first-order valence-corrected chi connectivity index (χ1v) is 10.8. The number of benzene rings is 2. The molecule has 0 bridgehead atoms. The number of morpholine rings is 1. The number of anilines is 1. The third-order valence-electron chi connectivity index (χ3n) is 4.80. The van der Waals surface area contributed by atoms with Crippen molar-refractivity contribution < 1.29 is 19.1 Å². The topological polar surface area (TPSA) is 79.9 Å². The maximum Gasteiger partial charge on any atom is 0.257 e. The predicted octanol–water partition coefficient (Wildman–Crippen LogP) is 3.46. The molecule has 1 heterocycles. The Hall–Kier alpha value is -2.97. The summed E-state index contributed by atoms with van der Waals surface area (Å²) in [7, 11) is 0. The first-order chi connectivity index (χ1) is 15.1. The second-order valence-corrected chi connectivity index (χ2v) is 7.52. The Labute approximate surface area is 187 Å². The third kappa shape index (κ3) is 6.77. The van der Waals surface area contributed by atoms with Gasteiger partial charge in [-0.05, 0) is 67.2 Å². The Morgan fingerprint density at radius 1 is 1.03 bits per heavy atom. The van der Waals surface area contributed by atoms with Gasteiger partial charge >= 0.3 is 0 Å². The van der Waals surface area contributed by atoms with E-state index >= 15 is 0 Å². The molecule has 0 radical (unpaired) electrons. The van der Waals surface area contributed by atoms with E-state index in [-0.39, 0.29) is 16.9 Å². The summed E-state index contributed by atoms with van der Waals surface area (Å²) in [6.07, 6.45) is 2.06. The normalized spacial score (nSPS) is 13.4. The van der Waals surface area contributed by atoms with Crippen molar-refractivity contribution in [2.45, 2.75) is 19.8 Å². The number of carbonyl (C=O) groups is 2. The van der Waals surface area contributed by atoms with Crippen molar-refractivity contribution >= 4 is 34.8 Å². The highest BCUT2D eigenvalue weighted by Gasteiger charge is 2.18. The number of hydrogen-bond donors (Lipinski definition) is 2. The Balaban J connectivity index is 1.49. The van der Waals surface area contributed by atoms with Crippen LogP contribution in [0.1, 0.15) is 40.5 Å². The molecule has 0 aromatic heterocycles. The summed E-state index contributed by atoms with van der Waals surface area (Å²) < 4.78 is 10.9. The van der Waals surface area contributed by atoms with Crippen molar-refractivity contribution in [3.8, 4) is 5.75 Å². The van der Waals surface area contributed by atoms with E-state index < -0.39 is 0 Å². The van der Waals surface area contributed by atoms with Gasteiger partial charge < -0.3 is 19.7 Å². The minimum absolute atomic E-state index is 0.0205. The minimum atomic E-state index is -0.309. The number of thiocarbonyl (C=S) groups is 1. The van der Waals surface area contributed by atoms with Gasteiger partial charge in [0.05, 0.1) is 19.8 Å². The van der Waals surface area contributed by atoms with Crippen molar-refractivity contribution in [2.24, 2.45) is 0 Å². The summed E-state index contributed by atoms with van der Waals surface area (Å²) in [5, 5.41) is 5.80. The van der Waals surface area contributed by atoms with Crippen LogP contribution in [-0.2, 0) is 4.74 Å². The van der Waals surface area contributed by atoms with Crippen molar-refractivity contribution in [1.29, 1.82) is 0 Å². The molecule has 1 aliphatic rings. The van der Waals surface area contributed by atoms with Crippen LogP contribution < -0.4 is 15.4 Å². The van der Waals surface area contributed by atoms with Crippen LogP contribution in [0, 0.1) is 0 Å². The largest absolute Gasteiger partial charge is 0.494 e. The molecule has 1 fully saturated rings. The van der Waals surface area contributed by atoms with Gasteiger partial charge in [-0.2, -0.15) is 0 Å². The molecule has 0 atom stereocenters. The smallest absolute Gasteiger partial charge is 0.257 e. The number of nitrogens with zero attached hydrogens (tertiary/aromatic N) is 1. The summed E-state index contributed by atoms with van der Waals surface area (Å²) in [6, 6.07) is 13.9. The first kappa shape index (κ1) is 22.7. The summed E-state index contributed by atoms with van der Waals surface area (Å²) in [5.41, 5.74) is 1.77. The molecule has 164 valence electrons. The lowest BCUT2D eigenvalue weighted by molar-refractivity contribution is 0.0303. The minimum Gasteiger partial charge on any atom is -0.494 e. The quantitative estimate of drug-likeness (QED) is 0.506. The lowest BCUT2D eigenvalue weighted by Gasteiger charge is -2.26. The van der Waals surface area contributed by atoms with Crippen molar-refractivity contribution in [2.75, 3.05) is 38.2 Å². The lowest BCUT2D eigenvalue weighted by atomic mass is 10.1. The molecule has 0 unspecified atom stereocenters. The van der Waals surface area contributed by atoms with E-state index in [2.05, 4.69) is 17.6 Å². The van der Waals surface area contributed by atoms with E-state index in [1.807, 2.05) is 0 Å². The van der Waals surface area contributed by atoms with Crippen molar-refractivity contribution in [1.82, 2.24) is 10.2 Å². The molecular formula is C23H27N3O4S. The van der Waals surface area contributed by atoms with Gasteiger partial charge in [-0.15, -0.1) is 0 Å². The zero-order chi connectivity index (χ0) is 22.1. The summed E-state index contributed by atoms with van der Waals surface area (Å²) in [4.78, 5) is 26.7. The summed E-state index contributed by atoms with van der Waals surface area (Å²) in [5.74, 6) is 0.405. The molecule has 3 rings (SSSR count). The van der Waals surface area contributed by atoms with Crippen LogP contribution in [-0.4, -0.2) is 54.7 Å². The fourth-order valence-corrected chi connectivity index (χ4v) is 3.23. The maximum atomic E-state index is 12.5. The fraction of sp³-hybridized carbons (Fsp3) is 0.348. The molecule has 2 aromatic carbocycles. The number of amides is 2. The number of nitrogens with one attached hydrogen (secondary N) is 2. The predicted molar refractivity (Wildman–Crippen MR) is 124 cm³/mol. The third-order valence-corrected chi connectivity index (χ3v) is 5.00. The van der Waals surface area contributed by atoms with Gasteiger partial charge in [0.25, 0.3) is 11.8 Å². The highest BCUT2D eigenvalue weighted by Crippen LogP contribution is 2.14. The Morgan fingerprint density at radius 3 is 2.32 bits per heavy atom. The highest BCUT2D eigenvalue weighted by molar-refractivity contribution is 7.80. The van der Waals surface area contributed by atoms with E-state index in [1.54, 1.807) is 53.4 Å². The van der Waals surface area contributed by atoms with Crippen LogP contribution in [0.4, 0.5) is 5.69 Å². The second-order valence-electron chi connectivity index (χ2n) is 7.12. The average Bonchev–Trinajstić information content (AvgIpc) is 2.80. The van der Waals surface area contributed by atoms with Gasteiger partial charge in [-0.25, -0.2) is 0 Å². The second kappa shape index (κ2) is 11.4. The number of hydrogen-bond acceptors (Lipinski definition) is 5. The van der Waals surface area contributed by atoms with Gasteiger partial charge in [0.2, 0.25) is 0 Å². The van der Waals surface area contributed by atoms with E-state index in [0.717, 1.165) is 18.6 Å². The molecule has 8 heteroatoms. The van der Waals surface area contributed by atoms with E-state index in [4.69, 9.17) is 21.7 Å². The number of unbranched alkanes of at least 4 members (excludes halogenated alkanes) is 1. The molecule has 0 aliphatic carbocycles. The van der Waals surface area contributed by atoms with Gasteiger partial charge in [0.1, 0.15) is 5.75 Å². The molecular weight excluding hydrogens is 414 g/mol. The molecule has 0 saturated carbocycles. The monoisotopic (exact) mass is 441 g/mol. The lowest BCUT2D eigenvalue weighted by Crippen LogP contribution is -2.40. The van der Waals surface area contributed by atoms with Crippen molar-refractivity contribution in [3.63, 3.8) is 0 Å². The summed E-state index contributed by atoms with van der Waals surface area (Å²) >= 11 is 5.24. The average molecular weight is 442 g/mol. The van der Waals surface area contributed by atoms with Crippen LogP contribution in [0.5, 0.6) is 5.75 Å². The van der Waals surface area contributed by atoms with Crippen LogP contribution in [0.15, 0.2) is 48.5 Å². The Morgan fingerprint density at radius 2 is 1.68 bits per heavy atom. The van der Waals surface area contributed by atoms with Gasteiger partial charge in [-0.3, -0.25) is 14.9 Å². The molecule has 2 N–H and O–H groups in total.